The van der Waals surface area contributed by atoms with Crippen LogP contribution in [0.25, 0.3) is 0 Å². The first-order chi connectivity index (χ1) is 10.0. The predicted octanol–water partition coefficient (Wildman–Crippen LogP) is 4.32. The molecule has 0 fully saturated rings. The van der Waals surface area contributed by atoms with Gasteiger partial charge in [-0.2, -0.15) is 0 Å². The SMILES string of the molecule is CC(C)CNCc1cncc(Oc2cc(Cl)ccc2Cl)n1. The number of nitrogens with zero attached hydrogens (tertiary/aromatic N) is 2. The number of rotatable bonds is 6. The number of nitrogens with one attached hydrogen (secondary N) is 1. The van der Waals surface area contributed by atoms with E-state index in [1.807, 2.05) is 0 Å². The molecule has 1 N–H and O–H groups in total. The molecule has 0 aliphatic heterocycles. The molecule has 112 valence electrons. The summed E-state index contributed by atoms with van der Waals surface area (Å²) in [6.45, 7) is 5.87. The van der Waals surface area contributed by atoms with E-state index in [4.69, 9.17) is 27.9 Å². The molecule has 4 nitrogen and oxygen atoms in total. The van der Waals surface area contributed by atoms with E-state index in [1.165, 1.54) is 0 Å². The topological polar surface area (TPSA) is 47.0 Å². The van der Waals surface area contributed by atoms with Crippen LogP contribution in [-0.2, 0) is 6.54 Å². The van der Waals surface area contributed by atoms with Crippen molar-refractivity contribution in [3.05, 3.63) is 46.3 Å². The number of benzene rings is 1. The van der Waals surface area contributed by atoms with Crippen LogP contribution < -0.4 is 10.1 Å². The molecule has 0 aliphatic carbocycles. The van der Waals surface area contributed by atoms with Crippen molar-refractivity contribution in [2.45, 2.75) is 20.4 Å². The average molecular weight is 326 g/mol. The lowest BCUT2D eigenvalue weighted by molar-refractivity contribution is 0.455. The molecule has 0 amide bonds. The molecule has 0 saturated heterocycles. The number of ether oxygens (including phenoxy) is 1. The first-order valence-corrected chi connectivity index (χ1v) is 7.44. The zero-order valence-corrected chi connectivity index (χ0v) is 13.4. The van der Waals surface area contributed by atoms with Crippen molar-refractivity contribution < 1.29 is 4.74 Å². The third-order valence-electron chi connectivity index (χ3n) is 2.63. The zero-order chi connectivity index (χ0) is 15.2. The van der Waals surface area contributed by atoms with Gasteiger partial charge in [0, 0.05) is 23.8 Å². The Morgan fingerprint density at radius 2 is 2.05 bits per heavy atom. The second-order valence-corrected chi connectivity index (χ2v) is 5.89. The molecule has 0 spiro atoms. The Morgan fingerprint density at radius 1 is 1.24 bits per heavy atom. The van der Waals surface area contributed by atoms with Gasteiger partial charge >= 0.3 is 0 Å². The van der Waals surface area contributed by atoms with E-state index in [1.54, 1.807) is 30.6 Å². The van der Waals surface area contributed by atoms with Crippen LogP contribution in [0, 0.1) is 5.92 Å². The maximum absolute atomic E-state index is 6.06. The molecule has 1 aromatic heterocycles. The quantitative estimate of drug-likeness (QED) is 0.859. The van der Waals surface area contributed by atoms with Crippen molar-refractivity contribution >= 4 is 23.2 Å². The number of hydrogen-bond donors (Lipinski definition) is 1. The molecule has 2 rings (SSSR count). The molecule has 0 saturated carbocycles. The van der Waals surface area contributed by atoms with Crippen LogP contribution in [0.3, 0.4) is 0 Å². The Labute approximate surface area is 134 Å². The van der Waals surface area contributed by atoms with Gasteiger partial charge in [-0.1, -0.05) is 37.0 Å². The molecular weight excluding hydrogens is 309 g/mol. The Morgan fingerprint density at radius 3 is 2.81 bits per heavy atom. The van der Waals surface area contributed by atoms with Crippen LogP contribution in [0.2, 0.25) is 10.0 Å². The van der Waals surface area contributed by atoms with Gasteiger partial charge in [0.15, 0.2) is 0 Å². The van der Waals surface area contributed by atoms with E-state index in [2.05, 4.69) is 29.1 Å². The van der Waals surface area contributed by atoms with Gasteiger partial charge in [-0.15, -0.1) is 0 Å². The summed E-state index contributed by atoms with van der Waals surface area (Å²) >= 11 is 12.0. The Balaban J connectivity index is 2.05. The summed E-state index contributed by atoms with van der Waals surface area (Å²) in [7, 11) is 0. The Bertz CT molecular complexity index is 605. The van der Waals surface area contributed by atoms with Gasteiger partial charge in [-0.3, -0.25) is 4.98 Å². The van der Waals surface area contributed by atoms with Crippen molar-refractivity contribution in [2.75, 3.05) is 6.54 Å². The minimum atomic E-state index is 0.392. The van der Waals surface area contributed by atoms with Crippen LogP contribution in [0.4, 0.5) is 0 Å². The number of halogens is 2. The van der Waals surface area contributed by atoms with Crippen molar-refractivity contribution in [1.82, 2.24) is 15.3 Å². The van der Waals surface area contributed by atoms with Gasteiger partial charge in [0.2, 0.25) is 5.88 Å². The molecule has 0 aliphatic rings. The first kappa shape index (κ1) is 16.0. The van der Waals surface area contributed by atoms with Crippen LogP contribution in [0.5, 0.6) is 11.6 Å². The average Bonchev–Trinajstić information content (AvgIpc) is 2.43. The fraction of sp³-hybridized carbons (Fsp3) is 0.333. The summed E-state index contributed by atoms with van der Waals surface area (Å²) < 4.78 is 5.64. The van der Waals surface area contributed by atoms with Crippen molar-refractivity contribution in [2.24, 2.45) is 5.92 Å². The van der Waals surface area contributed by atoms with Gasteiger partial charge in [0.25, 0.3) is 0 Å². The summed E-state index contributed by atoms with van der Waals surface area (Å²) in [4.78, 5) is 8.51. The van der Waals surface area contributed by atoms with Crippen molar-refractivity contribution in [3.63, 3.8) is 0 Å². The molecular formula is C15H17Cl2N3O. The van der Waals surface area contributed by atoms with E-state index < -0.39 is 0 Å². The lowest BCUT2D eigenvalue weighted by atomic mass is 10.2. The molecule has 1 heterocycles. The lowest BCUT2D eigenvalue weighted by Gasteiger charge is -2.09. The maximum atomic E-state index is 6.06. The largest absolute Gasteiger partial charge is 0.436 e. The predicted molar refractivity (Wildman–Crippen MR) is 85.1 cm³/mol. The fourth-order valence-electron chi connectivity index (χ4n) is 1.68. The van der Waals surface area contributed by atoms with Gasteiger partial charge < -0.3 is 10.1 Å². The van der Waals surface area contributed by atoms with Crippen LogP contribution in [0.1, 0.15) is 19.5 Å². The third kappa shape index (κ3) is 5.16. The third-order valence-corrected chi connectivity index (χ3v) is 3.18. The monoisotopic (exact) mass is 325 g/mol. The summed E-state index contributed by atoms with van der Waals surface area (Å²) in [5.41, 5.74) is 0.811. The second kappa shape index (κ2) is 7.59. The molecule has 0 atom stereocenters. The highest BCUT2D eigenvalue weighted by molar-refractivity contribution is 6.34. The van der Waals surface area contributed by atoms with Crippen LogP contribution in [-0.4, -0.2) is 16.5 Å². The lowest BCUT2D eigenvalue weighted by Crippen LogP contribution is -2.19. The van der Waals surface area contributed by atoms with E-state index in [0.29, 0.717) is 34.1 Å². The van der Waals surface area contributed by atoms with Gasteiger partial charge in [0.05, 0.1) is 16.9 Å². The number of hydrogen-bond acceptors (Lipinski definition) is 4. The molecule has 0 bridgehead atoms. The highest BCUT2D eigenvalue weighted by atomic mass is 35.5. The molecule has 0 unspecified atom stereocenters. The standard InChI is InChI=1S/C15H17Cl2N3O/c1-10(2)6-18-7-12-8-19-9-15(20-12)21-14-5-11(16)3-4-13(14)17/h3-5,8-10,18H,6-7H2,1-2H3. The van der Waals surface area contributed by atoms with Crippen LogP contribution in [0.15, 0.2) is 30.6 Å². The van der Waals surface area contributed by atoms with E-state index >= 15 is 0 Å². The van der Waals surface area contributed by atoms with Crippen molar-refractivity contribution in [3.8, 4) is 11.6 Å². The number of aromatic nitrogens is 2. The van der Waals surface area contributed by atoms with Crippen molar-refractivity contribution in [1.29, 1.82) is 0 Å². The van der Waals surface area contributed by atoms with E-state index in [0.717, 1.165) is 12.2 Å². The molecule has 6 heteroatoms. The van der Waals surface area contributed by atoms with Gasteiger partial charge in [-0.25, -0.2) is 4.98 Å². The fourth-order valence-corrected chi connectivity index (χ4v) is 2.00. The summed E-state index contributed by atoms with van der Waals surface area (Å²) in [6.07, 6.45) is 3.25. The summed E-state index contributed by atoms with van der Waals surface area (Å²) in [6, 6.07) is 5.03. The molecule has 2 aromatic rings. The molecule has 21 heavy (non-hydrogen) atoms. The highest BCUT2D eigenvalue weighted by Gasteiger charge is 2.06. The maximum Gasteiger partial charge on any atom is 0.238 e. The normalized spacial score (nSPS) is 10.9. The minimum absolute atomic E-state index is 0.392. The Hall–Kier alpha value is -1.36. The smallest absolute Gasteiger partial charge is 0.238 e. The zero-order valence-electron chi connectivity index (χ0n) is 11.9. The minimum Gasteiger partial charge on any atom is -0.436 e. The second-order valence-electron chi connectivity index (χ2n) is 5.05. The Kier molecular flexibility index (Phi) is 5.79. The summed E-state index contributed by atoms with van der Waals surface area (Å²) in [5.74, 6) is 1.44. The molecule has 0 radical (unpaired) electrons. The summed E-state index contributed by atoms with van der Waals surface area (Å²) in [5, 5.41) is 4.34. The molecule has 1 aromatic carbocycles. The van der Waals surface area contributed by atoms with Gasteiger partial charge in [0.1, 0.15) is 5.75 Å². The van der Waals surface area contributed by atoms with Gasteiger partial charge in [-0.05, 0) is 24.6 Å². The highest BCUT2D eigenvalue weighted by Crippen LogP contribution is 2.30. The van der Waals surface area contributed by atoms with E-state index in [-0.39, 0.29) is 0 Å². The van der Waals surface area contributed by atoms with E-state index in [9.17, 15) is 0 Å². The van der Waals surface area contributed by atoms with Crippen LogP contribution >= 0.6 is 23.2 Å². The first-order valence-electron chi connectivity index (χ1n) is 6.69.